The number of rotatable bonds is 2. The van der Waals surface area contributed by atoms with E-state index in [0.29, 0.717) is 5.65 Å². The van der Waals surface area contributed by atoms with Gasteiger partial charge in [0.15, 0.2) is 12.3 Å². The summed E-state index contributed by atoms with van der Waals surface area (Å²) in [6.07, 6.45) is -3.26. The molecule has 2 aromatic heterocycles. The summed E-state index contributed by atoms with van der Waals surface area (Å²) >= 11 is 0. The first-order chi connectivity index (χ1) is 7.46. The topological polar surface area (TPSA) is 59.4 Å². The van der Waals surface area contributed by atoms with E-state index in [9.17, 15) is 18.0 Å². The maximum atomic E-state index is 11.9. The number of ether oxygens (including phenoxy) is 1. The van der Waals surface area contributed by atoms with Crippen molar-refractivity contribution >= 4 is 5.65 Å². The van der Waals surface area contributed by atoms with Gasteiger partial charge in [0.1, 0.15) is 5.75 Å². The van der Waals surface area contributed by atoms with Crippen molar-refractivity contribution in [3.8, 4) is 5.75 Å². The van der Waals surface area contributed by atoms with Gasteiger partial charge >= 0.3 is 11.9 Å². The molecule has 0 saturated carbocycles. The van der Waals surface area contributed by atoms with Gasteiger partial charge < -0.3 is 4.74 Å². The minimum Gasteiger partial charge on any atom is -0.483 e. The highest BCUT2D eigenvalue weighted by Crippen LogP contribution is 2.18. The standard InChI is InChI=1S/C8H6F3N3O2/c9-8(10,11)4-16-5-1-2-6-12-13-7(15)14(6)3-5/h1-3H,4H2,(H,13,15). The largest absolute Gasteiger partial charge is 0.483 e. The molecule has 2 aromatic rings. The monoisotopic (exact) mass is 233 g/mol. The highest BCUT2D eigenvalue weighted by molar-refractivity contribution is 5.39. The fourth-order valence-electron chi connectivity index (χ4n) is 1.14. The van der Waals surface area contributed by atoms with Crippen LogP contribution in [-0.4, -0.2) is 27.4 Å². The zero-order chi connectivity index (χ0) is 11.8. The van der Waals surface area contributed by atoms with E-state index in [4.69, 9.17) is 0 Å². The molecule has 5 nitrogen and oxygen atoms in total. The molecule has 86 valence electrons. The second kappa shape index (κ2) is 3.54. The van der Waals surface area contributed by atoms with Gasteiger partial charge in [0.25, 0.3) is 0 Å². The molecule has 0 aromatic carbocycles. The predicted octanol–water partition coefficient (Wildman–Crippen LogP) is 0.964. The summed E-state index contributed by atoms with van der Waals surface area (Å²) < 4.78 is 41.1. The van der Waals surface area contributed by atoms with Crippen molar-refractivity contribution in [2.24, 2.45) is 0 Å². The number of nitrogens with one attached hydrogen (secondary N) is 1. The van der Waals surface area contributed by atoms with Crippen molar-refractivity contribution in [2.45, 2.75) is 6.18 Å². The zero-order valence-electron chi connectivity index (χ0n) is 7.78. The van der Waals surface area contributed by atoms with Crippen LogP contribution in [0.4, 0.5) is 13.2 Å². The summed E-state index contributed by atoms with van der Waals surface area (Å²) in [6, 6.07) is 2.69. The molecular weight excluding hydrogens is 227 g/mol. The van der Waals surface area contributed by atoms with Crippen LogP contribution in [-0.2, 0) is 0 Å². The number of hydrogen-bond donors (Lipinski definition) is 1. The summed E-state index contributed by atoms with van der Waals surface area (Å²) in [6.45, 7) is -1.40. The lowest BCUT2D eigenvalue weighted by atomic mass is 10.4. The van der Waals surface area contributed by atoms with Crippen molar-refractivity contribution in [1.29, 1.82) is 0 Å². The first-order valence-electron chi connectivity index (χ1n) is 4.22. The Kier molecular flexibility index (Phi) is 2.33. The van der Waals surface area contributed by atoms with E-state index in [1.165, 1.54) is 12.1 Å². The van der Waals surface area contributed by atoms with Gasteiger partial charge in [-0.05, 0) is 12.1 Å². The maximum absolute atomic E-state index is 11.9. The fraction of sp³-hybridized carbons (Fsp3) is 0.250. The van der Waals surface area contributed by atoms with Crippen molar-refractivity contribution in [2.75, 3.05) is 6.61 Å². The lowest BCUT2D eigenvalue weighted by Gasteiger charge is -2.08. The molecule has 0 amide bonds. The van der Waals surface area contributed by atoms with Gasteiger partial charge in [-0.1, -0.05) is 0 Å². The van der Waals surface area contributed by atoms with Crippen LogP contribution in [0.2, 0.25) is 0 Å². The summed E-state index contributed by atoms with van der Waals surface area (Å²) in [5, 5.41) is 5.77. The molecule has 8 heteroatoms. The first kappa shape index (κ1) is 10.5. The number of aromatic amines is 1. The molecular formula is C8H6F3N3O2. The minimum absolute atomic E-state index is 0.0478. The molecule has 0 aliphatic carbocycles. The number of aromatic nitrogens is 3. The molecule has 2 rings (SSSR count). The number of halogens is 3. The molecule has 0 atom stereocenters. The Morgan fingerprint density at radius 1 is 1.44 bits per heavy atom. The predicted molar refractivity (Wildman–Crippen MR) is 47.4 cm³/mol. The van der Waals surface area contributed by atoms with E-state index in [2.05, 4.69) is 14.9 Å². The third-order valence-corrected chi connectivity index (χ3v) is 1.79. The maximum Gasteiger partial charge on any atom is 0.422 e. The van der Waals surface area contributed by atoms with E-state index in [0.717, 1.165) is 10.6 Å². The highest BCUT2D eigenvalue weighted by atomic mass is 19.4. The van der Waals surface area contributed by atoms with Gasteiger partial charge in [-0.25, -0.2) is 14.3 Å². The highest BCUT2D eigenvalue weighted by Gasteiger charge is 2.28. The summed E-state index contributed by atoms with van der Waals surface area (Å²) in [5.74, 6) is -0.0478. The van der Waals surface area contributed by atoms with Crippen LogP contribution in [0.5, 0.6) is 5.75 Å². The average molecular weight is 233 g/mol. The van der Waals surface area contributed by atoms with Crippen LogP contribution >= 0.6 is 0 Å². The van der Waals surface area contributed by atoms with E-state index >= 15 is 0 Å². The van der Waals surface area contributed by atoms with E-state index in [1.54, 1.807) is 0 Å². The van der Waals surface area contributed by atoms with E-state index in [1.807, 2.05) is 0 Å². The molecule has 0 fully saturated rings. The average Bonchev–Trinajstić information content (AvgIpc) is 2.56. The Balaban J connectivity index is 2.26. The Hall–Kier alpha value is -1.99. The lowest BCUT2D eigenvalue weighted by Crippen LogP contribution is -2.19. The van der Waals surface area contributed by atoms with Crippen LogP contribution in [0.15, 0.2) is 23.1 Å². The van der Waals surface area contributed by atoms with Crippen LogP contribution in [0, 0.1) is 0 Å². The van der Waals surface area contributed by atoms with Crippen molar-refractivity contribution in [3.63, 3.8) is 0 Å². The Bertz CT molecular complexity index is 557. The number of fused-ring (bicyclic) bond motifs is 1. The molecule has 0 aliphatic rings. The quantitative estimate of drug-likeness (QED) is 0.840. The smallest absolute Gasteiger partial charge is 0.422 e. The van der Waals surface area contributed by atoms with Gasteiger partial charge in [0.05, 0.1) is 6.20 Å². The second-order valence-corrected chi connectivity index (χ2v) is 3.03. The first-order valence-corrected chi connectivity index (χ1v) is 4.22. The molecule has 0 unspecified atom stereocenters. The van der Waals surface area contributed by atoms with Crippen LogP contribution < -0.4 is 10.4 Å². The normalized spacial score (nSPS) is 11.9. The van der Waals surface area contributed by atoms with Gasteiger partial charge in [-0.2, -0.15) is 18.3 Å². The van der Waals surface area contributed by atoms with Gasteiger partial charge in [0, 0.05) is 0 Å². The zero-order valence-corrected chi connectivity index (χ0v) is 7.78. The molecule has 2 heterocycles. The SMILES string of the molecule is O=c1[nH]nc2ccc(OCC(F)(F)F)cn12. The van der Waals surface area contributed by atoms with Crippen LogP contribution in [0.3, 0.4) is 0 Å². The fourth-order valence-corrected chi connectivity index (χ4v) is 1.14. The number of pyridine rings is 1. The molecule has 0 saturated heterocycles. The molecule has 0 radical (unpaired) electrons. The Morgan fingerprint density at radius 3 is 2.88 bits per heavy atom. The number of nitrogens with zero attached hydrogens (tertiary/aromatic N) is 2. The molecule has 0 spiro atoms. The number of alkyl halides is 3. The van der Waals surface area contributed by atoms with Gasteiger partial charge in [-0.15, -0.1) is 0 Å². The molecule has 1 N–H and O–H groups in total. The van der Waals surface area contributed by atoms with E-state index in [-0.39, 0.29) is 5.75 Å². The van der Waals surface area contributed by atoms with Gasteiger partial charge in [0.2, 0.25) is 0 Å². The van der Waals surface area contributed by atoms with Crippen LogP contribution in [0.25, 0.3) is 5.65 Å². The minimum atomic E-state index is -4.41. The molecule has 0 bridgehead atoms. The van der Waals surface area contributed by atoms with Crippen molar-refractivity contribution in [3.05, 3.63) is 28.8 Å². The summed E-state index contributed by atoms with van der Waals surface area (Å²) in [4.78, 5) is 11.1. The van der Waals surface area contributed by atoms with Crippen molar-refractivity contribution in [1.82, 2.24) is 14.6 Å². The summed E-state index contributed by atoms with van der Waals surface area (Å²) in [5.41, 5.74) is -0.225. The van der Waals surface area contributed by atoms with Crippen LogP contribution in [0.1, 0.15) is 0 Å². The Morgan fingerprint density at radius 2 is 2.19 bits per heavy atom. The van der Waals surface area contributed by atoms with E-state index < -0.39 is 18.5 Å². The van der Waals surface area contributed by atoms with Crippen molar-refractivity contribution < 1.29 is 17.9 Å². The Labute approximate surface area is 86.5 Å². The number of hydrogen-bond acceptors (Lipinski definition) is 3. The van der Waals surface area contributed by atoms with Gasteiger partial charge in [-0.3, -0.25) is 0 Å². The lowest BCUT2D eigenvalue weighted by molar-refractivity contribution is -0.153. The third-order valence-electron chi connectivity index (χ3n) is 1.79. The third kappa shape index (κ3) is 2.15. The molecule has 16 heavy (non-hydrogen) atoms. The number of H-pyrrole nitrogens is 1. The second-order valence-electron chi connectivity index (χ2n) is 3.03. The summed E-state index contributed by atoms with van der Waals surface area (Å²) in [7, 11) is 0. The molecule has 0 aliphatic heterocycles.